The highest BCUT2D eigenvalue weighted by Crippen LogP contribution is 2.29. The third-order valence-electron chi connectivity index (χ3n) is 5.22. The number of benzene rings is 1. The second-order valence-corrected chi connectivity index (χ2v) is 8.90. The van der Waals surface area contributed by atoms with Crippen LogP contribution in [0.15, 0.2) is 41.6 Å². The van der Waals surface area contributed by atoms with Gasteiger partial charge in [0.25, 0.3) is 0 Å². The maximum absolute atomic E-state index is 13.0. The molecule has 0 saturated carbocycles. The number of methoxy groups -OCH3 is 1. The van der Waals surface area contributed by atoms with Crippen molar-refractivity contribution in [2.45, 2.75) is 23.6 Å². The minimum absolute atomic E-state index is 0.0481. The monoisotopic (exact) mass is 392 g/mol. The number of nitrogens with zero attached hydrogens (tertiary/aromatic N) is 4. The lowest BCUT2D eigenvalue weighted by Crippen LogP contribution is -2.50. The van der Waals surface area contributed by atoms with Gasteiger partial charge in [0.15, 0.2) is 0 Å². The number of sulfonamides is 1. The summed E-state index contributed by atoms with van der Waals surface area (Å²) in [5, 5.41) is 4.22. The lowest BCUT2D eigenvalue weighted by molar-refractivity contribution is -0.0502. The van der Waals surface area contributed by atoms with Gasteiger partial charge in [-0.1, -0.05) is 0 Å². The van der Waals surface area contributed by atoms with Gasteiger partial charge in [0.2, 0.25) is 10.0 Å². The zero-order valence-corrected chi connectivity index (χ0v) is 16.3. The third-order valence-corrected chi connectivity index (χ3v) is 7.07. The van der Waals surface area contributed by atoms with Crippen molar-refractivity contribution in [1.82, 2.24) is 19.0 Å². The van der Waals surface area contributed by atoms with E-state index in [4.69, 9.17) is 9.47 Å². The number of hydrogen-bond donors (Lipinski definition) is 0. The molecule has 0 aliphatic carbocycles. The smallest absolute Gasteiger partial charge is 0.243 e. The summed E-state index contributed by atoms with van der Waals surface area (Å²) >= 11 is 0. The van der Waals surface area contributed by atoms with E-state index in [9.17, 15) is 8.42 Å². The van der Waals surface area contributed by atoms with Crippen LogP contribution in [0, 0.1) is 0 Å². The minimum Gasteiger partial charge on any atom is -0.497 e. The van der Waals surface area contributed by atoms with Crippen molar-refractivity contribution in [2.24, 2.45) is 7.05 Å². The van der Waals surface area contributed by atoms with E-state index < -0.39 is 10.0 Å². The number of aryl methyl sites for hydroxylation is 1. The molecular formula is C18H24N4O4S. The van der Waals surface area contributed by atoms with Gasteiger partial charge in [-0.2, -0.15) is 9.40 Å². The van der Waals surface area contributed by atoms with Crippen LogP contribution in [0.4, 0.5) is 0 Å². The van der Waals surface area contributed by atoms with Crippen molar-refractivity contribution in [2.75, 3.05) is 33.4 Å². The van der Waals surface area contributed by atoms with Gasteiger partial charge in [0.05, 0.1) is 37.0 Å². The Morgan fingerprint density at radius 3 is 2.70 bits per heavy atom. The Morgan fingerprint density at radius 1 is 1.26 bits per heavy atom. The molecule has 27 heavy (non-hydrogen) atoms. The lowest BCUT2D eigenvalue weighted by atomic mass is 10.1. The molecule has 0 unspecified atom stereocenters. The number of ether oxygens (including phenoxy) is 2. The summed E-state index contributed by atoms with van der Waals surface area (Å²) in [5.41, 5.74) is 1.12. The molecule has 8 nitrogen and oxygen atoms in total. The fraction of sp³-hybridized carbons (Fsp3) is 0.500. The fourth-order valence-electron chi connectivity index (χ4n) is 3.80. The van der Waals surface area contributed by atoms with Gasteiger partial charge in [-0.05, 0) is 24.3 Å². The molecule has 2 aliphatic heterocycles. The molecular weight excluding hydrogens is 368 g/mol. The second-order valence-electron chi connectivity index (χ2n) is 6.97. The third kappa shape index (κ3) is 3.60. The van der Waals surface area contributed by atoms with Gasteiger partial charge < -0.3 is 9.47 Å². The molecule has 1 aromatic heterocycles. The second kappa shape index (κ2) is 7.23. The molecule has 9 heteroatoms. The van der Waals surface area contributed by atoms with Crippen molar-refractivity contribution in [3.8, 4) is 5.75 Å². The molecule has 0 N–H and O–H groups in total. The predicted molar refractivity (Wildman–Crippen MR) is 98.9 cm³/mol. The standard InChI is InChI=1S/C18H24N4O4S/c1-20-10-14(9-19-20)11-21-7-8-26-18-13-22(12-17(18)21)27(23,24)16-5-3-15(25-2)4-6-16/h3-6,9-10,17-18H,7-8,11-13H2,1-2H3/t17-,18-/m0/s1. The molecule has 2 aromatic rings. The van der Waals surface area contributed by atoms with Crippen LogP contribution in [0.2, 0.25) is 0 Å². The first-order chi connectivity index (χ1) is 13.0. The summed E-state index contributed by atoms with van der Waals surface area (Å²) in [6.45, 7) is 2.95. The van der Waals surface area contributed by atoms with Gasteiger partial charge in [-0.3, -0.25) is 9.58 Å². The van der Waals surface area contributed by atoms with Crippen LogP contribution in [0.1, 0.15) is 5.56 Å². The summed E-state index contributed by atoms with van der Waals surface area (Å²) in [6, 6.07) is 6.56. The van der Waals surface area contributed by atoms with E-state index in [1.54, 1.807) is 36.1 Å². The van der Waals surface area contributed by atoms with E-state index in [2.05, 4.69) is 10.00 Å². The highest BCUT2D eigenvalue weighted by Gasteiger charge is 2.44. The Balaban J connectivity index is 1.51. The number of morpholine rings is 1. The Hall–Kier alpha value is -1.94. The van der Waals surface area contributed by atoms with Crippen molar-refractivity contribution < 1.29 is 17.9 Å². The van der Waals surface area contributed by atoms with E-state index in [-0.39, 0.29) is 17.0 Å². The molecule has 1 aromatic carbocycles. The SMILES string of the molecule is COc1ccc(S(=O)(=O)N2C[C@@H]3OCCN(Cc4cnn(C)c4)[C@H]3C2)cc1. The first-order valence-electron chi connectivity index (χ1n) is 8.95. The summed E-state index contributed by atoms with van der Waals surface area (Å²) in [6.07, 6.45) is 3.74. The Labute approximate surface area is 159 Å². The molecule has 0 spiro atoms. The molecule has 0 bridgehead atoms. The van der Waals surface area contributed by atoms with E-state index in [0.29, 0.717) is 25.4 Å². The van der Waals surface area contributed by atoms with Crippen LogP contribution in [-0.2, 0) is 28.4 Å². The zero-order valence-electron chi connectivity index (χ0n) is 15.5. The number of aromatic nitrogens is 2. The molecule has 3 heterocycles. The molecule has 2 aliphatic rings. The minimum atomic E-state index is -3.56. The van der Waals surface area contributed by atoms with E-state index in [0.717, 1.165) is 18.7 Å². The van der Waals surface area contributed by atoms with Crippen LogP contribution in [-0.4, -0.2) is 72.9 Å². The molecule has 146 valence electrons. The number of rotatable bonds is 5. The first-order valence-corrected chi connectivity index (χ1v) is 10.4. The quantitative estimate of drug-likeness (QED) is 0.746. The van der Waals surface area contributed by atoms with Crippen LogP contribution in [0.5, 0.6) is 5.75 Å². The largest absolute Gasteiger partial charge is 0.497 e. The van der Waals surface area contributed by atoms with E-state index >= 15 is 0 Å². The molecule has 2 fully saturated rings. The van der Waals surface area contributed by atoms with Crippen LogP contribution in [0.25, 0.3) is 0 Å². The van der Waals surface area contributed by atoms with E-state index in [1.165, 1.54) is 4.31 Å². The van der Waals surface area contributed by atoms with Crippen molar-refractivity contribution in [3.05, 3.63) is 42.2 Å². The maximum atomic E-state index is 13.0. The van der Waals surface area contributed by atoms with Crippen molar-refractivity contribution >= 4 is 10.0 Å². The highest BCUT2D eigenvalue weighted by molar-refractivity contribution is 7.89. The predicted octanol–water partition coefficient (Wildman–Crippen LogP) is 0.703. The summed E-state index contributed by atoms with van der Waals surface area (Å²) in [7, 11) is -0.108. The first kappa shape index (κ1) is 18.4. The van der Waals surface area contributed by atoms with E-state index in [1.807, 2.05) is 19.4 Å². The van der Waals surface area contributed by atoms with Crippen LogP contribution < -0.4 is 4.74 Å². The van der Waals surface area contributed by atoms with Gasteiger partial charge >= 0.3 is 0 Å². The zero-order chi connectivity index (χ0) is 19.0. The Kier molecular flexibility index (Phi) is 4.94. The fourth-order valence-corrected chi connectivity index (χ4v) is 5.27. The van der Waals surface area contributed by atoms with Crippen LogP contribution in [0.3, 0.4) is 0 Å². The van der Waals surface area contributed by atoms with Gasteiger partial charge in [0.1, 0.15) is 5.75 Å². The maximum Gasteiger partial charge on any atom is 0.243 e. The average Bonchev–Trinajstić information content (AvgIpc) is 3.29. The lowest BCUT2D eigenvalue weighted by Gasteiger charge is -2.36. The molecule has 0 radical (unpaired) electrons. The molecule has 2 saturated heterocycles. The van der Waals surface area contributed by atoms with Crippen molar-refractivity contribution in [1.29, 1.82) is 0 Å². The topological polar surface area (TPSA) is 76.9 Å². The summed E-state index contributed by atoms with van der Waals surface area (Å²) < 4.78 is 40.4. The molecule has 0 amide bonds. The molecule has 2 atom stereocenters. The molecule has 4 rings (SSSR count). The number of hydrogen-bond acceptors (Lipinski definition) is 6. The van der Waals surface area contributed by atoms with Gasteiger partial charge in [-0.15, -0.1) is 0 Å². The summed E-state index contributed by atoms with van der Waals surface area (Å²) in [4.78, 5) is 2.58. The van der Waals surface area contributed by atoms with Gasteiger partial charge in [0, 0.05) is 45.0 Å². The van der Waals surface area contributed by atoms with Crippen LogP contribution >= 0.6 is 0 Å². The summed E-state index contributed by atoms with van der Waals surface area (Å²) in [5.74, 6) is 0.634. The highest BCUT2D eigenvalue weighted by atomic mass is 32.2. The van der Waals surface area contributed by atoms with Crippen molar-refractivity contribution in [3.63, 3.8) is 0 Å². The Bertz CT molecular complexity index is 896. The Morgan fingerprint density at radius 2 is 2.04 bits per heavy atom. The van der Waals surface area contributed by atoms with Gasteiger partial charge in [-0.25, -0.2) is 8.42 Å². The average molecular weight is 392 g/mol. The normalized spacial score (nSPS) is 24.1. The number of fused-ring (bicyclic) bond motifs is 1.